The summed E-state index contributed by atoms with van der Waals surface area (Å²) in [5, 5.41) is 32.8. The molecule has 0 spiro atoms. The Morgan fingerprint density at radius 3 is 1.81 bits per heavy atom. The standard InChI is InChI=1S/C50H88N14O10/c1-6-7-8-9-13-16-34(65)30-42(66)56-35(17-21-51)44(68)59-38-20-25-55-43(67)39(27-31(2)3)62-50(74)64(26-24-54)63-49(73)37(19-23-53)58-47(71)40(28-32(4)5)60-48(72)41(29-33-14-11-10-12-15-33)61-45(69)36(18-22-52)57-46(38)70/h10-12,14-15,31-32,34-41,65H,6-9,13,16-30,51-54H2,1-5H3,(H,55,67)(H,56,66)(H,57,70)(H,58,71)(H,59,68)(H,60,72)(H,61,69)(H,62,74)(H,63,73)/t34-,35-,36+,37+,38+,39+,40+,41-/m1/s1. The van der Waals surface area contributed by atoms with Crippen LogP contribution in [0.15, 0.2) is 30.3 Å². The molecule has 0 aromatic heterocycles. The van der Waals surface area contributed by atoms with Crippen LogP contribution in [0.2, 0.25) is 0 Å². The Hall–Kier alpha value is -5.95. The summed E-state index contributed by atoms with van der Waals surface area (Å²) in [6, 6.07) is -1.36. The third-order valence-corrected chi connectivity index (χ3v) is 12.1. The Kier molecular flexibility index (Phi) is 30.6. The van der Waals surface area contributed by atoms with E-state index >= 15 is 0 Å². The third-order valence-electron chi connectivity index (χ3n) is 12.1. The smallest absolute Gasteiger partial charge is 0.336 e. The first-order chi connectivity index (χ1) is 35.3. The van der Waals surface area contributed by atoms with E-state index in [1.807, 2.05) is 27.7 Å². The predicted octanol–water partition coefficient (Wildman–Crippen LogP) is -1.72. The van der Waals surface area contributed by atoms with Crippen molar-refractivity contribution in [1.29, 1.82) is 0 Å². The molecule has 8 atom stereocenters. The maximum absolute atomic E-state index is 14.4. The number of hydrazine groups is 1. The fourth-order valence-corrected chi connectivity index (χ4v) is 8.19. The quantitative estimate of drug-likeness (QED) is 0.0485. The number of carbonyl (C=O) groups excluding carboxylic acids is 9. The maximum Gasteiger partial charge on any atom is 0.336 e. The number of rotatable bonds is 25. The molecule has 10 amide bonds. The molecule has 1 aromatic rings. The van der Waals surface area contributed by atoms with Crippen molar-refractivity contribution in [3.05, 3.63) is 35.9 Å². The number of benzene rings is 1. The molecule has 1 aromatic carbocycles. The molecule has 418 valence electrons. The molecule has 0 radical (unpaired) electrons. The molecule has 1 heterocycles. The van der Waals surface area contributed by atoms with E-state index in [1.54, 1.807) is 30.3 Å². The van der Waals surface area contributed by atoms with Gasteiger partial charge in [-0.3, -0.25) is 43.8 Å². The van der Waals surface area contributed by atoms with Gasteiger partial charge in [-0.05, 0) is 82.0 Å². The topological polar surface area (TPSA) is 389 Å². The van der Waals surface area contributed by atoms with Crippen LogP contribution < -0.4 is 70.9 Å². The maximum atomic E-state index is 14.4. The van der Waals surface area contributed by atoms with Crippen LogP contribution in [0.3, 0.4) is 0 Å². The number of nitrogens with zero attached hydrogens (tertiary/aromatic N) is 1. The van der Waals surface area contributed by atoms with Crippen molar-refractivity contribution in [1.82, 2.24) is 53.0 Å². The summed E-state index contributed by atoms with van der Waals surface area (Å²) in [4.78, 5) is 126. The van der Waals surface area contributed by atoms with Crippen LogP contribution in [-0.4, -0.2) is 151 Å². The van der Waals surface area contributed by atoms with Gasteiger partial charge >= 0.3 is 6.03 Å². The average molecular weight is 1050 g/mol. The van der Waals surface area contributed by atoms with Crippen LogP contribution in [0.25, 0.3) is 0 Å². The van der Waals surface area contributed by atoms with Gasteiger partial charge in [-0.2, -0.15) is 0 Å². The van der Waals surface area contributed by atoms with Crippen LogP contribution in [0.4, 0.5) is 4.79 Å². The normalized spacial score (nSPS) is 22.1. The van der Waals surface area contributed by atoms with Gasteiger partial charge in [0.1, 0.15) is 42.3 Å². The molecule has 1 aliphatic rings. The van der Waals surface area contributed by atoms with Crippen molar-refractivity contribution in [2.24, 2.45) is 34.8 Å². The van der Waals surface area contributed by atoms with Crippen molar-refractivity contribution >= 4 is 53.3 Å². The average Bonchev–Trinajstić information content (AvgIpc) is 3.34. The number of nitrogens with one attached hydrogen (secondary N) is 9. The third kappa shape index (κ3) is 24.4. The minimum absolute atomic E-state index is 0.0474. The van der Waals surface area contributed by atoms with E-state index in [1.165, 1.54) is 0 Å². The lowest BCUT2D eigenvalue weighted by atomic mass is 10.00. The number of carbonyl (C=O) groups is 9. The Balaban J connectivity index is 2.68. The molecule has 0 aliphatic carbocycles. The van der Waals surface area contributed by atoms with Gasteiger partial charge in [-0.15, -0.1) is 0 Å². The molecule has 2 rings (SSSR count). The van der Waals surface area contributed by atoms with Crippen LogP contribution in [0.5, 0.6) is 0 Å². The van der Waals surface area contributed by atoms with Crippen LogP contribution >= 0.6 is 0 Å². The zero-order valence-corrected chi connectivity index (χ0v) is 44.2. The first kappa shape index (κ1) is 64.2. The highest BCUT2D eigenvalue weighted by Gasteiger charge is 2.35. The predicted molar refractivity (Wildman–Crippen MR) is 280 cm³/mol. The van der Waals surface area contributed by atoms with Crippen LogP contribution in [0, 0.1) is 11.8 Å². The molecule has 1 fully saturated rings. The summed E-state index contributed by atoms with van der Waals surface area (Å²) in [6.45, 7) is 8.53. The number of amides is 10. The molecule has 74 heavy (non-hydrogen) atoms. The molecule has 0 bridgehead atoms. The van der Waals surface area contributed by atoms with E-state index in [0.29, 0.717) is 12.0 Å². The van der Waals surface area contributed by atoms with Gasteiger partial charge in [-0.1, -0.05) is 97.1 Å². The Morgan fingerprint density at radius 2 is 1.22 bits per heavy atom. The summed E-state index contributed by atoms with van der Waals surface area (Å²) in [7, 11) is 0. The molecule has 0 unspecified atom stereocenters. The Labute approximate surface area is 436 Å². The number of aliphatic hydroxyl groups is 1. The van der Waals surface area contributed by atoms with Crippen LogP contribution in [-0.2, 0) is 44.8 Å². The van der Waals surface area contributed by atoms with Crippen molar-refractivity contribution in [2.45, 2.75) is 173 Å². The molecular formula is C50H88N14O10. The first-order valence-corrected chi connectivity index (χ1v) is 26.3. The number of aliphatic hydroxyl groups excluding tert-OH is 1. The van der Waals surface area contributed by atoms with Crippen molar-refractivity contribution in [2.75, 3.05) is 39.3 Å². The highest BCUT2D eigenvalue weighted by atomic mass is 16.3. The van der Waals surface area contributed by atoms with Crippen molar-refractivity contribution < 1.29 is 48.3 Å². The van der Waals surface area contributed by atoms with Gasteiger partial charge in [0.15, 0.2) is 0 Å². The molecule has 24 nitrogen and oxygen atoms in total. The highest BCUT2D eigenvalue weighted by Crippen LogP contribution is 2.13. The first-order valence-electron chi connectivity index (χ1n) is 26.3. The summed E-state index contributed by atoms with van der Waals surface area (Å²) in [5.41, 5.74) is 26.7. The van der Waals surface area contributed by atoms with Gasteiger partial charge in [-0.25, -0.2) is 9.80 Å². The van der Waals surface area contributed by atoms with Gasteiger partial charge in [0.2, 0.25) is 41.4 Å². The summed E-state index contributed by atoms with van der Waals surface area (Å²) in [6.07, 6.45) is 3.53. The van der Waals surface area contributed by atoms with E-state index in [4.69, 9.17) is 22.9 Å². The van der Waals surface area contributed by atoms with Gasteiger partial charge < -0.3 is 70.6 Å². The minimum Gasteiger partial charge on any atom is -0.393 e. The number of urea groups is 1. The Morgan fingerprint density at radius 1 is 0.662 bits per heavy atom. The molecule has 1 aliphatic heterocycles. The minimum atomic E-state index is -1.48. The lowest BCUT2D eigenvalue weighted by molar-refractivity contribution is -0.136. The largest absolute Gasteiger partial charge is 0.393 e. The lowest BCUT2D eigenvalue weighted by Gasteiger charge is -2.29. The SMILES string of the molecule is CCCCCCC[C@@H](O)CC(=O)N[C@H](CCN)C(=O)N[C@H]1CCNC(=O)[C@H](CC(C)C)NC(=O)N(CCN)NC(=O)[C@H](CCN)NC(=O)[C@H](CC(C)C)NC(=O)[C@@H](Cc2ccccc2)NC(=O)[C@H](CCN)NC1=O. The fraction of sp³-hybridized carbons (Fsp3) is 0.700. The summed E-state index contributed by atoms with van der Waals surface area (Å²) >= 11 is 0. The van der Waals surface area contributed by atoms with E-state index in [0.717, 1.165) is 37.1 Å². The van der Waals surface area contributed by atoms with Crippen molar-refractivity contribution in [3.8, 4) is 0 Å². The Bertz CT molecular complexity index is 1930. The van der Waals surface area contributed by atoms with Gasteiger partial charge in [0.05, 0.1) is 19.1 Å². The van der Waals surface area contributed by atoms with E-state index in [9.17, 15) is 48.3 Å². The van der Waals surface area contributed by atoms with Crippen LogP contribution in [0.1, 0.15) is 124 Å². The number of unbranched alkanes of at least 4 members (excludes halogenated alkanes) is 4. The number of hydrogen-bond acceptors (Lipinski definition) is 14. The van der Waals surface area contributed by atoms with E-state index in [-0.39, 0.29) is 102 Å². The lowest BCUT2D eigenvalue weighted by Crippen LogP contribution is -2.61. The zero-order valence-electron chi connectivity index (χ0n) is 44.2. The van der Waals surface area contributed by atoms with Gasteiger partial charge in [0, 0.05) is 19.5 Å². The second-order valence-corrected chi connectivity index (χ2v) is 19.7. The number of hydrogen-bond donors (Lipinski definition) is 14. The zero-order chi connectivity index (χ0) is 55.2. The van der Waals surface area contributed by atoms with Crippen molar-refractivity contribution in [3.63, 3.8) is 0 Å². The molecule has 18 N–H and O–H groups in total. The monoisotopic (exact) mass is 1040 g/mol. The summed E-state index contributed by atoms with van der Waals surface area (Å²) in [5.74, 6) is -6.50. The summed E-state index contributed by atoms with van der Waals surface area (Å²) < 4.78 is 0. The van der Waals surface area contributed by atoms with E-state index in [2.05, 4.69) is 54.9 Å². The second kappa shape index (κ2) is 35.3. The fourth-order valence-electron chi connectivity index (χ4n) is 8.19. The molecule has 1 saturated heterocycles. The number of nitrogens with two attached hydrogens (primary N) is 4. The molecule has 24 heteroatoms. The van der Waals surface area contributed by atoms with E-state index < -0.39 is 102 Å². The van der Waals surface area contributed by atoms with Gasteiger partial charge in [0.25, 0.3) is 5.91 Å². The highest BCUT2D eigenvalue weighted by molar-refractivity contribution is 5.97. The molecule has 0 saturated carbocycles. The second-order valence-electron chi connectivity index (χ2n) is 19.7. The molecular weight excluding hydrogens is 957 g/mol.